The molecule has 3 nitrogen and oxygen atoms in total. The van der Waals surface area contributed by atoms with Crippen LogP contribution in [0.25, 0.3) is 0 Å². The Bertz CT molecular complexity index is 187. The molecule has 0 bridgehead atoms. The molecule has 1 aliphatic heterocycles. The van der Waals surface area contributed by atoms with E-state index >= 15 is 0 Å². The molecule has 0 aromatic rings. The summed E-state index contributed by atoms with van der Waals surface area (Å²) in [5, 5.41) is 3.06. The van der Waals surface area contributed by atoms with E-state index in [9.17, 15) is 0 Å². The summed E-state index contributed by atoms with van der Waals surface area (Å²) < 4.78 is 10.8. The van der Waals surface area contributed by atoms with Gasteiger partial charge in [-0.1, -0.05) is 0 Å². The van der Waals surface area contributed by atoms with Crippen molar-refractivity contribution in [3.63, 3.8) is 0 Å². The summed E-state index contributed by atoms with van der Waals surface area (Å²) in [7, 11) is 0. The van der Waals surface area contributed by atoms with Crippen molar-refractivity contribution in [2.75, 3.05) is 13.2 Å². The molecule has 0 spiro atoms. The lowest BCUT2D eigenvalue weighted by atomic mass is 10.3. The molecule has 0 saturated carbocycles. The number of rotatable bonds is 4. The van der Waals surface area contributed by atoms with Gasteiger partial charge in [0.1, 0.15) is 5.76 Å². The molecule has 1 atom stereocenters. The van der Waals surface area contributed by atoms with Crippen LogP contribution >= 0.6 is 0 Å². The van der Waals surface area contributed by atoms with Crippen LogP contribution in [0, 0.1) is 0 Å². The topological polar surface area (TPSA) is 30.5 Å². The third-order valence-corrected chi connectivity index (χ3v) is 1.51. The molecular formula is C9H15NO2. The van der Waals surface area contributed by atoms with Crippen LogP contribution in [0.1, 0.15) is 13.8 Å². The van der Waals surface area contributed by atoms with Crippen LogP contribution in [0.3, 0.4) is 0 Å². The van der Waals surface area contributed by atoms with Gasteiger partial charge >= 0.3 is 0 Å². The number of allylic oxidation sites excluding steroid dienone is 2. The summed E-state index contributed by atoms with van der Waals surface area (Å²) in [4.78, 5) is 0. The van der Waals surface area contributed by atoms with E-state index in [1.54, 1.807) is 0 Å². The van der Waals surface area contributed by atoms with E-state index in [2.05, 4.69) is 5.32 Å². The normalized spacial score (nSPS) is 21.5. The first kappa shape index (κ1) is 9.13. The lowest BCUT2D eigenvalue weighted by molar-refractivity contribution is 0.0249. The van der Waals surface area contributed by atoms with Crippen LogP contribution in [0.15, 0.2) is 24.1 Å². The second-order valence-electron chi connectivity index (χ2n) is 2.36. The maximum Gasteiger partial charge on any atom is 0.185 e. The first-order chi connectivity index (χ1) is 5.88. The van der Waals surface area contributed by atoms with Gasteiger partial charge in [0.05, 0.1) is 6.61 Å². The molecule has 0 aliphatic carbocycles. The summed E-state index contributed by atoms with van der Waals surface area (Å²) in [5.41, 5.74) is 0. The van der Waals surface area contributed by atoms with Crippen molar-refractivity contribution >= 4 is 0 Å². The molecule has 0 saturated heterocycles. The van der Waals surface area contributed by atoms with Crippen LogP contribution < -0.4 is 5.32 Å². The SMILES string of the molecule is CCOC1=CC=CNC1OCC. The molecule has 0 fully saturated rings. The average Bonchev–Trinajstić information content (AvgIpc) is 2.09. The Kier molecular flexibility index (Phi) is 3.67. The van der Waals surface area contributed by atoms with Crippen molar-refractivity contribution in [3.05, 3.63) is 24.1 Å². The van der Waals surface area contributed by atoms with E-state index < -0.39 is 0 Å². The summed E-state index contributed by atoms with van der Waals surface area (Å²) in [5.74, 6) is 0.849. The van der Waals surface area contributed by atoms with Gasteiger partial charge in [0.15, 0.2) is 6.23 Å². The standard InChI is InChI=1S/C9H15NO2/c1-3-11-8-6-5-7-10-9(8)12-4-2/h5-7,9-10H,3-4H2,1-2H3. The molecule has 1 unspecified atom stereocenters. The zero-order valence-electron chi connectivity index (χ0n) is 7.54. The van der Waals surface area contributed by atoms with Gasteiger partial charge in [0.25, 0.3) is 0 Å². The van der Waals surface area contributed by atoms with Crippen molar-refractivity contribution in [1.82, 2.24) is 5.32 Å². The lowest BCUT2D eigenvalue weighted by Gasteiger charge is -2.22. The maximum absolute atomic E-state index is 5.39. The highest BCUT2D eigenvalue weighted by Crippen LogP contribution is 2.09. The van der Waals surface area contributed by atoms with Gasteiger partial charge < -0.3 is 14.8 Å². The molecule has 3 heteroatoms. The molecule has 1 rings (SSSR count). The van der Waals surface area contributed by atoms with Gasteiger partial charge in [0, 0.05) is 6.61 Å². The zero-order valence-corrected chi connectivity index (χ0v) is 7.54. The molecule has 12 heavy (non-hydrogen) atoms. The molecule has 0 aromatic carbocycles. The van der Waals surface area contributed by atoms with Crippen molar-refractivity contribution in [1.29, 1.82) is 0 Å². The minimum Gasteiger partial charge on any atom is -0.493 e. The Labute approximate surface area is 73.1 Å². The molecular weight excluding hydrogens is 154 g/mol. The number of hydrogen-bond donors (Lipinski definition) is 1. The smallest absolute Gasteiger partial charge is 0.185 e. The third-order valence-electron chi connectivity index (χ3n) is 1.51. The van der Waals surface area contributed by atoms with E-state index in [1.807, 2.05) is 32.2 Å². The Morgan fingerprint density at radius 1 is 1.42 bits per heavy atom. The molecule has 1 aliphatic rings. The molecule has 1 heterocycles. The predicted molar refractivity (Wildman–Crippen MR) is 47.4 cm³/mol. The maximum atomic E-state index is 5.39. The van der Waals surface area contributed by atoms with Gasteiger partial charge in [-0.05, 0) is 32.2 Å². The highest BCUT2D eigenvalue weighted by Gasteiger charge is 2.14. The molecule has 0 amide bonds. The molecule has 0 radical (unpaired) electrons. The predicted octanol–water partition coefficient (Wildman–Crippen LogP) is 1.39. The van der Waals surface area contributed by atoms with E-state index in [-0.39, 0.29) is 6.23 Å². The van der Waals surface area contributed by atoms with Crippen LogP contribution in [-0.4, -0.2) is 19.4 Å². The second kappa shape index (κ2) is 4.83. The first-order valence-electron chi connectivity index (χ1n) is 4.25. The Morgan fingerprint density at radius 3 is 2.92 bits per heavy atom. The third kappa shape index (κ3) is 2.27. The summed E-state index contributed by atoms with van der Waals surface area (Å²) in [6.45, 7) is 5.27. The quantitative estimate of drug-likeness (QED) is 0.689. The number of ether oxygens (including phenoxy) is 2. The van der Waals surface area contributed by atoms with Gasteiger partial charge in [-0.15, -0.1) is 0 Å². The van der Waals surface area contributed by atoms with Gasteiger partial charge in [0.2, 0.25) is 0 Å². The highest BCUT2D eigenvalue weighted by molar-refractivity contribution is 5.15. The largest absolute Gasteiger partial charge is 0.493 e. The fourth-order valence-corrected chi connectivity index (χ4v) is 1.04. The van der Waals surface area contributed by atoms with Gasteiger partial charge in [-0.25, -0.2) is 0 Å². The lowest BCUT2D eigenvalue weighted by Crippen LogP contribution is -2.32. The summed E-state index contributed by atoms with van der Waals surface area (Å²) in [6, 6.07) is 0. The zero-order chi connectivity index (χ0) is 8.81. The van der Waals surface area contributed by atoms with Gasteiger partial charge in [-0.3, -0.25) is 0 Å². The Balaban J connectivity index is 2.50. The molecule has 0 aromatic heterocycles. The van der Waals surface area contributed by atoms with Crippen LogP contribution in [0.2, 0.25) is 0 Å². The first-order valence-corrected chi connectivity index (χ1v) is 4.25. The monoisotopic (exact) mass is 169 g/mol. The highest BCUT2D eigenvalue weighted by atomic mass is 16.5. The fraction of sp³-hybridized carbons (Fsp3) is 0.556. The average molecular weight is 169 g/mol. The Hall–Kier alpha value is -0.960. The minimum atomic E-state index is -0.111. The minimum absolute atomic E-state index is 0.111. The number of dihydropyridines is 1. The summed E-state index contributed by atoms with van der Waals surface area (Å²) >= 11 is 0. The van der Waals surface area contributed by atoms with Crippen LogP contribution in [-0.2, 0) is 9.47 Å². The summed E-state index contributed by atoms with van der Waals surface area (Å²) in [6.07, 6.45) is 5.56. The second-order valence-corrected chi connectivity index (χ2v) is 2.36. The van der Waals surface area contributed by atoms with Crippen molar-refractivity contribution in [3.8, 4) is 0 Å². The van der Waals surface area contributed by atoms with E-state index in [1.165, 1.54) is 0 Å². The van der Waals surface area contributed by atoms with E-state index in [0.29, 0.717) is 13.2 Å². The molecule has 1 N–H and O–H groups in total. The van der Waals surface area contributed by atoms with Crippen molar-refractivity contribution < 1.29 is 9.47 Å². The van der Waals surface area contributed by atoms with Crippen molar-refractivity contribution in [2.24, 2.45) is 0 Å². The Morgan fingerprint density at radius 2 is 2.25 bits per heavy atom. The van der Waals surface area contributed by atoms with Gasteiger partial charge in [-0.2, -0.15) is 0 Å². The number of hydrogen-bond acceptors (Lipinski definition) is 3. The molecule has 68 valence electrons. The number of nitrogens with one attached hydrogen (secondary N) is 1. The fourth-order valence-electron chi connectivity index (χ4n) is 1.04. The van der Waals surface area contributed by atoms with Crippen LogP contribution in [0.5, 0.6) is 0 Å². The van der Waals surface area contributed by atoms with E-state index in [4.69, 9.17) is 9.47 Å². The van der Waals surface area contributed by atoms with Crippen LogP contribution in [0.4, 0.5) is 0 Å². The van der Waals surface area contributed by atoms with E-state index in [0.717, 1.165) is 5.76 Å². The van der Waals surface area contributed by atoms with Crippen molar-refractivity contribution in [2.45, 2.75) is 20.1 Å².